The Bertz CT molecular complexity index is 557. The van der Waals surface area contributed by atoms with Crippen molar-refractivity contribution in [1.29, 1.82) is 0 Å². The number of nitrogens with zero attached hydrogens (tertiary/aromatic N) is 2. The Balaban J connectivity index is 1.84. The van der Waals surface area contributed by atoms with Gasteiger partial charge in [0, 0.05) is 5.92 Å². The molecule has 2 unspecified atom stereocenters. The number of aromatic amines is 1. The van der Waals surface area contributed by atoms with E-state index in [9.17, 15) is 9.59 Å². The van der Waals surface area contributed by atoms with Gasteiger partial charge in [0.2, 0.25) is 11.1 Å². The zero-order valence-corrected chi connectivity index (χ0v) is 15.3. The van der Waals surface area contributed by atoms with Gasteiger partial charge in [-0.1, -0.05) is 44.9 Å². The summed E-state index contributed by atoms with van der Waals surface area (Å²) in [6.07, 6.45) is 5.55. The second-order valence-electron chi connectivity index (χ2n) is 6.23. The van der Waals surface area contributed by atoms with E-state index in [1.165, 1.54) is 31.7 Å². The molecule has 0 saturated heterocycles. The minimum absolute atomic E-state index is 0.0175. The van der Waals surface area contributed by atoms with Crippen LogP contribution in [0.15, 0.2) is 5.16 Å². The lowest BCUT2D eigenvalue weighted by Gasteiger charge is -2.21. The van der Waals surface area contributed by atoms with Gasteiger partial charge < -0.3 is 10.1 Å². The number of amides is 1. The van der Waals surface area contributed by atoms with E-state index in [2.05, 4.69) is 20.5 Å². The fraction of sp³-hybridized carbons (Fsp3) is 0.750. The molecule has 2 rings (SSSR count). The number of carbonyl (C=O) groups excluding carboxylic acids is 2. The molecule has 1 aliphatic rings. The normalized spacial score (nSPS) is 17.5. The Hall–Kier alpha value is -1.57. The van der Waals surface area contributed by atoms with Crippen molar-refractivity contribution in [2.24, 2.45) is 5.92 Å². The van der Waals surface area contributed by atoms with Crippen molar-refractivity contribution in [3.63, 3.8) is 0 Å². The van der Waals surface area contributed by atoms with E-state index in [-0.39, 0.29) is 17.6 Å². The number of rotatable bonds is 8. The van der Waals surface area contributed by atoms with Gasteiger partial charge in [-0.25, -0.2) is 9.78 Å². The van der Waals surface area contributed by atoms with Gasteiger partial charge in [-0.15, -0.1) is 5.10 Å². The summed E-state index contributed by atoms with van der Waals surface area (Å²) >= 11 is 1.27. The van der Waals surface area contributed by atoms with E-state index in [0.717, 1.165) is 25.1 Å². The van der Waals surface area contributed by atoms with E-state index in [4.69, 9.17) is 4.74 Å². The minimum Gasteiger partial charge on any atom is -0.467 e. The largest absolute Gasteiger partial charge is 0.467 e. The molecule has 0 radical (unpaired) electrons. The van der Waals surface area contributed by atoms with E-state index >= 15 is 0 Å². The molecule has 0 spiro atoms. The molecule has 8 heteroatoms. The summed E-state index contributed by atoms with van der Waals surface area (Å²) in [5.41, 5.74) is 0. The number of hydrogen-bond acceptors (Lipinski definition) is 6. The first-order valence-electron chi connectivity index (χ1n) is 8.47. The van der Waals surface area contributed by atoms with Crippen molar-refractivity contribution >= 4 is 23.6 Å². The van der Waals surface area contributed by atoms with Crippen molar-refractivity contribution in [2.45, 2.75) is 63.1 Å². The summed E-state index contributed by atoms with van der Waals surface area (Å²) < 4.78 is 4.77. The molecule has 1 aliphatic carbocycles. The fourth-order valence-corrected chi connectivity index (χ4v) is 3.46. The molecule has 7 nitrogen and oxygen atoms in total. The molecule has 2 N–H and O–H groups in total. The van der Waals surface area contributed by atoms with E-state index in [0.29, 0.717) is 11.1 Å². The lowest BCUT2D eigenvalue weighted by Crippen LogP contribution is -2.46. The number of nitrogens with one attached hydrogen (secondary N) is 2. The quantitative estimate of drug-likeness (QED) is 0.549. The Morgan fingerprint density at radius 1 is 1.42 bits per heavy atom. The van der Waals surface area contributed by atoms with Gasteiger partial charge in [0.1, 0.15) is 11.9 Å². The van der Waals surface area contributed by atoms with Gasteiger partial charge in [0.05, 0.1) is 12.9 Å². The van der Waals surface area contributed by atoms with Crippen LogP contribution in [-0.2, 0) is 14.3 Å². The molecule has 24 heavy (non-hydrogen) atoms. The van der Waals surface area contributed by atoms with Crippen molar-refractivity contribution in [3.05, 3.63) is 5.82 Å². The topological polar surface area (TPSA) is 97.0 Å². The van der Waals surface area contributed by atoms with Crippen LogP contribution >= 0.6 is 11.8 Å². The van der Waals surface area contributed by atoms with Crippen LogP contribution in [0.4, 0.5) is 0 Å². The zero-order chi connectivity index (χ0) is 17.5. The lowest BCUT2D eigenvalue weighted by molar-refractivity contribution is -0.146. The molecule has 0 bridgehead atoms. The Morgan fingerprint density at radius 3 is 2.75 bits per heavy atom. The SMILES string of the molecule is CCC(C)C(NC(=O)CSc1n[nH]c(C2CCCC2)n1)C(=O)OC. The van der Waals surface area contributed by atoms with Crippen LogP contribution in [0, 0.1) is 5.92 Å². The average molecular weight is 354 g/mol. The van der Waals surface area contributed by atoms with Crippen LogP contribution in [0.1, 0.15) is 57.7 Å². The smallest absolute Gasteiger partial charge is 0.328 e. The first kappa shape index (κ1) is 18.8. The molecule has 2 atom stereocenters. The Morgan fingerprint density at radius 2 is 2.12 bits per heavy atom. The maximum Gasteiger partial charge on any atom is 0.328 e. The third kappa shape index (κ3) is 4.96. The van der Waals surface area contributed by atoms with Crippen molar-refractivity contribution in [1.82, 2.24) is 20.5 Å². The predicted molar refractivity (Wildman–Crippen MR) is 91.7 cm³/mol. The van der Waals surface area contributed by atoms with Gasteiger partial charge in [0.25, 0.3) is 0 Å². The van der Waals surface area contributed by atoms with Gasteiger partial charge >= 0.3 is 5.97 Å². The van der Waals surface area contributed by atoms with Crippen LogP contribution in [0.3, 0.4) is 0 Å². The summed E-state index contributed by atoms with van der Waals surface area (Å²) in [5.74, 6) is 0.944. The predicted octanol–water partition coefficient (Wildman–Crippen LogP) is 2.26. The third-order valence-corrected chi connectivity index (χ3v) is 5.39. The first-order valence-corrected chi connectivity index (χ1v) is 9.46. The maximum absolute atomic E-state index is 12.1. The minimum atomic E-state index is -0.616. The van der Waals surface area contributed by atoms with E-state index in [1.54, 1.807) is 0 Å². The second-order valence-corrected chi connectivity index (χ2v) is 7.17. The molecule has 1 fully saturated rings. The summed E-state index contributed by atoms with van der Waals surface area (Å²) in [7, 11) is 1.33. The molecule has 1 saturated carbocycles. The van der Waals surface area contributed by atoms with E-state index in [1.807, 2.05) is 13.8 Å². The summed E-state index contributed by atoms with van der Waals surface area (Å²) in [4.78, 5) is 28.4. The molecule has 1 heterocycles. The molecule has 1 amide bonds. The molecule has 0 aliphatic heterocycles. The van der Waals surface area contributed by atoms with Crippen LogP contribution in [0.25, 0.3) is 0 Å². The highest BCUT2D eigenvalue weighted by Crippen LogP contribution is 2.32. The molecular weight excluding hydrogens is 328 g/mol. The zero-order valence-electron chi connectivity index (χ0n) is 14.5. The van der Waals surface area contributed by atoms with E-state index < -0.39 is 12.0 Å². The Labute approximate surface area is 146 Å². The molecule has 0 aromatic carbocycles. The monoisotopic (exact) mass is 354 g/mol. The van der Waals surface area contributed by atoms with Gasteiger partial charge in [-0.3, -0.25) is 9.89 Å². The summed E-state index contributed by atoms with van der Waals surface area (Å²) in [5, 5.41) is 10.5. The highest BCUT2D eigenvalue weighted by Gasteiger charge is 2.27. The molecule has 134 valence electrons. The van der Waals surface area contributed by atoms with Crippen molar-refractivity contribution in [3.8, 4) is 0 Å². The number of carbonyl (C=O) groups is 2. The highest BCUT2D eigenvalue weighted by molar-refractivity contribution is 7.99. The molecule has 1 aromatic heterocycles. The second kappa shape index (κ2) is 9.05. The Kier molecular flexibility index (Phi) is 7.08. The van der Waals surface area contributed by atoms with Crippen molar-refractivity contribution in [2.75, 3.05) is 12.9 Å². The summed E-state index contributed by atoms with van der Waals surface area (Å²) in [6.45, 7) is 3.89. The number of ether oxygens (including phenoxy) is 1. The number of hydrogen-bond donors (Lipinski definition) is 2. The van der Waals surface area contributed by atoms with Gasteiger partial charge in [-0.2, -0.15) is 0 Å². The number of aromatic nitrogens is 3. The van der Waals surface area contributed by atoms with Crippen LogP contribution in [0.5, 0.6) is 0 Å². The summed E-state index contributed by atoms with van der Waals surface area (Å²) in [6, 6.07) is -0.616. The standard InChI is InChI=1S/C16H26N4O3S/c1-4-10(2)13(15(22)23-3)17-12(21)9-24-16-18-14(19-20-16)11-7-5-6-8-11/h10-11,13H,4-9H2,1-3H3,(H,17,21)(H,18,19,20). The number of H-pyrrole nitrogens is 1. The number of esters is 1. The number of thioether (sulfide) groups is 1. The van der Waals surface area contributed by atoms with Crippen LogP contribution in [0.2, 0.25) is 0 Å². The fourth-order valence-electron chi connectivity index (χ4n) is 2.85. The lowest BCUT2D eigenvalue weighted by atomic mass is 9.99. The van der Waals surface area contributed by atoms with Crippen LogP contribution < -0.4 is 5.32 Å². The van der Waals surface area contributed by atoms with Crippen LogP contribution in [-0.4, -0.2) is 46.0 Å². The highest BCUT2D eigenvalue weighted by atomic mass is 32.2. The third-order valence-electron chi connectivity index (χ3n) is 4.54. The van der Waals surface area contributed by atoms with Crippen molar-refractivity contribution < 1.29 is 14.3 Å². The molecular formula is C16H26N4O3S. The average Bonchev–Trinajstić information content (AvgIpc) is 3.27. The maximum atomic E-state index is 12.1. The van der Waals surface area contributed by atoms with Gasteiger partial charge in [0.15, 0.2) is 0 Å². The van der Waals surface area contributed by atoms with Gasteiger partial charge in [-0.05, 0) is 18.8 Å². The molecule has 1 aromatic rings. The first-order chi connectivity index (χ1) is 11.5. The number of methoxy groups -OCH3 is 1.